The lowest BCUT2D eigenvalue weighted by molar-refractivity contribution is -0.118. The molecule has 2 N–H and O–H groups in total. The first-order valence-corrected chi connectivity index (χ1v) is 11.9. The number of benzene rings is 2. The summed E-state index contributed by atoms with van der Waals surface area (Å²) in [5.74, 6) is 0.896. The molecule has 0 bridgehead atoms. The topological polar surface area (TPSA) is 80.3 Å². The second-order valence-electron chi connectivity index (χ2n) is 8.23. The van der Waals surface area contributed by atoms with Crippen molar-refractivity contribution in [3.63, 3.8) is 0 Å². The number of hydrogen-bond acceptors (Lipinski definition) is 6. The Morgan fingerprint density at radius 3 is 2.65 bits per heavy atom. The Balaban J connectivity index is 1.55. The Labute approximate surface area is 190 Å². The van der Waals surface area contributed by atoms with Crippen LogP contribution in [0.3, 0.4) is 0 Å². The summed E-state index contributed by atoms with van der Waals surface area (Å²) >= 11 is 2.83. The molecule has 0 aliphatic carbocycles. The molecule has 0 aliphatic rings. The molecule has 0 saturated heterocycles. The van der Waals surface area contributed by atoms with E-state index in [1.807, 2.05) is 70.2 Å². The highest BCUT2D eigenvalue weighted by Gasteiger charge is 2.16. The minimum atomic E-state index is -0.128. The largest absolute Gasteiger partial charge is 0.494 e. The van der Waals surface area contributed by atoms with Gasteiger partial charge in [-0.2, -0.15) is 0 Å². The normalized spacial score (nSPS) is 11.4. The number of fused-ring (bicyclic) bond motifs is 1. The van der Waals surface area contributed by atoms with Crippen LogP contribution in [-0.4, -0.2) is 29.2 Å². The Hall–Kier alpha value is -2.58. The number of thioether (sulfide) groups is 1. The number of anilines is 2. The van der Waals surface area contributed by atoms with Crippen LogP contribution in [0.1, 0.15) is 34.1 Å². The number of amides is 2. The summed E-state index contributed by atoms with van der Waals surface area (Å²) in [6.45, 7) is 8.63. The van der Waals surface area contributed by atoms with E-state index in [-0.39, 0.29) is 23.0 Å². The first-order valence-electron chi connectivity index (χ1n) is 10.1. The number of carbonyl (C=O) groups is 2. The number of nitrogens with zero attached hydrogens (tertiary/aromatic N) is 1. The summed E-state index contributed by atoms with van der Waals surface area (Å²) < 4.78 is 6.48. The Bertz CT molecular complexity index is 1070. The van der Waals surface area contributed by atoms with Gasteiger partial charge in [-0.05, 0) is 48.7 Å². The van der Waals surface area contributed by atoms with Gasteiger partial charge >= 0.3 is 0 Å². The van der Waals surface area contributed by atoms with E-state index in [1.165, 1.54) is 23.1 Å². The number of ether oxygens (including phenoxy) is 1. The van der Waals surface area contributed by atoms with Crippen molar-refractivity contribution >= 4 is 55.9 Å². The monoisotopic (exact) mass is 457 g/mol. The van der Waals surface area contributed by atoms with Gasteiger partial charge in [-0.3, -0.25) is 9.59 Å². The van der Waals surface area contributed by atoms with E-state index in [9.17, 15) is 9.59 Å². The summed E-state index contributed by atoms with van der Waals surface area (Å²) in [4.78, 5) is 29.9. The Kier molecular flexibility index (Phi) is 7.56. The third-order valence-electron chi connectivity index (χ3n) is 4.10. The highest BCUT2D eigenvalue weighted by atomic mass is 32.2. The molecule has 31 heavy (non-hydrogen) atoms. The number of aromatic nitrogens is 1. The Morgan fingerprint density at radius 1 is 1.10 bits per heavy atom. The number of rotatable bonds is 8. The number of hydrogen-bond donors (Lipinski definition) is 2. The molecule has 0 unspecified atom stereocenters. The van der Waals surface area contributed by atoms with Gasteiger partial charge < -0.3 is 15.4 Å². The van der Waals surface area contributed by atoms with E-state index in [4.69, 9.17) is 4.74 Å². The quantitative estimate of drug-likeness (QED) is 0.418. The van der Waals surface area contributed by atoms with Crippen molar-refractivity contribution in [2.45, 2.75) is 39.0 Å². The van der Waals surface area contributed by atoms with E-state index in [0.29, 0.717) is 18.2 Å². The molecule has 0 radical (unpaired) electrons. The molecule has 1 aromatic heterocycles. The van der Waals surface area contributed by atoms with Gasteiger partial charge in [0.1, 0.15) is 5.75 Å². The molecule has 2 amide bonds. The maximum Gasteiger partial charge on any atom is 0.236 e. The molecular formula is C23H27N3O3S2. The second-order valence-corrected chi connectivity index (χ2v) is 10.3. The third-order valence-corrected chi connectivity index (χ3v) is 6.02. The summed E-state index contributed by atoms with van der Waals surface area (Å²) in [6.07, 6.45) is 0.445. The zero-order valence-electron chi connectivity index (χ0n) is 18.2. The van der Waals surface area contributed by atoms with Crippen LogP contribution in [-0.2, 0) is 9.59 Å². The smallest absolute Gasteiger partial charge is 0.236 e. The molecule has 3 aromatic rings. The molecule has 0 aliphatic heterocycles. The van der Waals surface area contributed by atoms with Crippen LogP contribution in [0.15, 0.2) is 47.4 Å². The van der Waals surface area contributed by atoms with Gasteiger partial charge in [0.05, 0.1) is 22.6 Å². The average Bonchev–Trinajstić information content (AvgIpc) is 3.07. The molecule has 2 aromatic carbocycles. The predicted molar refractivity (Wildman–Crippen MR) is 129 cm³/mol. The zero-order chi connectivity index (χ0) is 22.4. The third kappa shape index (κ3) is 7.25. The van der Waals surface area contributed by atoms with Crippen LogP contribution in [0.4, 0.5) is 10.8 Å². The van der Waals surface area contributed by atoms with Gasteiger partial charge in [-0.25, -0.2) is 4.98 Å². The predicted octanol–water partition coefficient (Wildman–Crippen LogP) is 5.80. The average molecular weight is 458 g/mol. The molecule has 3 rings (SSSR count). The Morgan fingerprint density at radius 2 is 1.90 bits per heavy atom. The molecule has 1 heterocycles. The molecule has 0 spiro atoms. The van der Waals surface area contributed by atoms with Gasteiger partial charge in [0.15, 0.2) is 5.13 Å². The molecule has 0 fully saturated rings. The van der Waals surface area contributed by atoms with Crippen molar-refractivity contribution in [3.05, 3.63) is 42.5 Å². The lowest BCUT2D eigenvalue weighted by Gasteiger charge is -2.17. The maximum atomic E-state index is 12.4. The van der Waals surface area contributed by atoms with Gasteiger partial charge in [0, 0.05) is 17.0 Å². The van der Waals surface area contributed by atoms with Crippen molar-refractivity contribution in [2.75, 3.05) is 23.0 Å². The van der Waals surface area contributed by atoms with E-state index in [2.05, 4.69) is 15.6 Å². The van der Waals surface area contributed by atoms with Crippen molar-refractivity contribution in [3.8, 4) is 5.75 Å². The van der Waals surface area contributed by atoms with Crippen molar-refractivity contribution < 1.29 is 14.3 Å². The lowest BCUT2D eigenvalue weighted by Crippen LogP contribution is -2.19. The lowest BCUT2D eigenvalue weighted by atomic mass is 9.92. The minimum Gasteiger partial charge on any atom is -0.494 e. The minimum absolute atomic E-state index is 0.0178. The van der Waals surface area contributed by atoms with E-state index in [1.54, 1.807) is 0 Å². The van der Waals surface area contributed by atoms with Crippen LogP contribution in [0.5, 0.6) is 5.75 Å². The van der Waals surface area contributed by atoms with E-state index >= 15 is 0 Å². The number of thiazole rings is 1. The van der Waals surface area contributed by atoms with Crippen molar-refractivity contribution in [2.24, 2.45) is 5.41 Å². The van der Waals surface area contributed by atoms with Crippen LogP contribution in [0.2, 0.25) is 0 Å². The molecule has 164 valence electrons. The van der Waals surface area contributed by atoms with Gasteiger partial charge in [0.25, 0.3) is 0 Å². The summed E-state index contributed by atoms with van der Waals surface area (Å²) in [5.41, 5.74) is 1.49. The summed E-state index contributed by atoms with van der Waals surface area (Å²) in [7, 11) is 0. The first-order chi connectivity index (χ1) is 14.7. The van der Waals surface area contributed by atoms with E-state index in [0.717, 1.165) is 26.5 Å². The van der Waals surface area contributed by atoms with Gasteiger partial charge in [-0.1, -0.05) is 38.2 Å². The summed E-state index contributed by atoms with van der Waals surface area (Å²) in [5, 5.41) is 6.35. The highest BCUT2D eigenvalue weighted by Crippen LogP contribution is 2.30. The fourth-order valence-electron chi connectivity index (χ4n) is 2.87. The zero-order valence-corrected chi connectivity index (χ0v) is 19.8. The van der Waals surface area contributed by atoms with Crippen LogP contribution < -0.4 is 15.4 Å². The first kappa shape index (κ1) is 23.1. The molecule has 0 saturated carbocycles. The molecule has 8 heteroatoms. The van der Waals surface area contributed by atoms with Crippen molar-refractivity contribution in [1.29, 1.82) is 0 Å². The maximum absolute atomic E-state index is 12.4. The molecular weight excluding hydrogens is 430 g/mol. The standard InChI is InChI=1S/C23H27N3O3S2/c1-5-29-16-9-10-18-19(12-16)31-22(25-18)26-21(28)14-30-17-8-6-7-15(11-17)24-20(27)13-23(2,3)4/h6-12H,5,13-14H2,1-4H3,(H,24,27)(H,25,26,28). The molecule has 6 nitrogen and oxygen atoms in total. The van der Waals surface area contributed by atoms with E-state index < -0.39 is 0 Å². The second kappa shape index (κ2) is 10.2. The fraction of sp³-hybridized carbons (Fsp3) is 0.348. The number of carbonyl (C=O) groups excluding carboxylic acids is 2. The van der Waals surface area contributed by atoms with Gasteiger partial charge in [-0.15, -0.1) is 11.8 Å². The molecule has 0 atom stereocenters. The number of nitrogens with one attached hydrogen (secondary N) is 2. The fourth-order valence-corrected chi connectivity index (χ4v) is 4.54. The summed E-state index contributed by atoms with van der Waals surface area (Å²) in [6, 6.07) is 13.2. The SMILES string of the molecule is CCOc1ccc2nc(NC(=O)CSc3cccc(NC(=O)CC(C)(C)C)c3)sc2c1. The highest BCUT2D eigenvalue weighted by molar-refractivity contribution is 8.00. The van der Waals surface area contributed by atoms with Crippen LogP contribution in [0, 0.1) is 5.41 Å². The van der Waals surface area contributed by atoms with Crippen LogP contribution >= 0.6 is 23.1 Å². The van der Waals surface area contributed by atoms with Crippen LogP contribution in [0.25, 0.3) is 10.2 Å². The van der Waals surface area contributed by atoms with Gasteiger partial charge in [0.2, 0.25) is 11.8 Å². The van der Waals surface area contributed by atoms with Crippen molar-refractivity contribution in [1.82, 2.24) is 4.98 Å².